The quantitative estimate of drug-likeness (QED) is 0.437. The molecule has 0 spiro atoms. The van der Waals surface area contributed by atoms with Crippen LogP contribution in [0.3, 0.4) is 0 Å². The Kier molecular flexibility index (Phi) is 7.61. The van der Waals surface area contributed by atoms with Crippen LogP contribution in [-0.4, -0.2) is 33.8 Å². The van der Waals surface area contributed by atoms with Gasteiger partial charge >= 0.3 is 0 Å². The third-order valence-electron chi connectivity index (χ3n) is 7.95. The number of benzene rings is 1. The van der Waals surface area contributed by atoms with Gasteiger partial charge in [-0.2, -0.15) is 0 Å². The zero-order valence-electron chi connectivity index (χ0n) is 20.8. The van der Waals surface area contributed by atoms with Gasteiger partial charge in [-0.05, 0) is 55.5 Å². The van der Waals surface area contributed by atoms with Gasteiger partial charge in [-0.3, -0.25) is 14.0 Å². The van der Waals surface area contributed by atoms with Crippen molar-refractivity contribution >= 4 is 29.1 Å². The SMILES string of the molecule is O=C(Cc1cn2c(C(=O)NC3CCCCC3)cccc2n1)NCC1(c2ccc(Cl)cc2)CCCCC1. The molecule has 36 heavy (non-hydrogen) atoms. The van der Waals surface area contributed by atoms with Crippen molar-refractivity contribution in [2.45, 2.75) is 82.1 Å². The fourth-order valence-electron chi connectivity index (χ4n) is 5.93. The van der Waals surface area contributed by atoms with Crippen molar-refractivity contribution in [2.75, 3.05) is 6.54 Å². The molecule has 1 aromatic carbocycles. The minimum atomic E-state index is -0.0805. The molecule has 0 radical (unpaired) electrons. The molecule has 0 bridgehead atoms. The first-order chi connectivity index (χ1) is 17.5. The van der Waals surface area contributed by atoms with E-state index in [-0.39, 0.29) is 29.7 Å². The van der Waals surface area contributed by atoms with Crippen LogP contribution in [0.1, 0.15) is 86.0 Å². The number of carbonyl (C=O) groups is 2. The Hall–Kier alpha value is -2.86. The van der Waals surface area contributed by atoms with E-state index in [2.05, 4.69) is 27.8 Å². The maximum atomic E-state index is 13.0. The molecule has 0 saturated heterocycles. The largest absolute Gasteiger partial charge is 0.355 e. The first kappa shape index (κ1) is 24.8. The summed E-state index contributed by atoms with van der Waals surface area (Å²) in [6, 6.07) is 13.8. The van der Waals surface area contributed by atoms with Crippen molar-refractivity contribution in [3.8, 4) is 0 Å². The molecule has 2 aromatic heterocycles. The summed E-state index contributed by atoms with van der Waals surface area (Å²) < 4.78 is 1.80. The van der Waals surface area contributed by atoms with E-state index in [9.17, 15) is 9.59 Å². The number of pyridine rings is 1. The lowest BCUT2D eigenvalue weighted by molar-refractivity contribution is -0.120. The second kappa shape index (κ2) is 11.0. The van der Waals surface area contributed by atoms with E-state index in [0.29, 0.717) is 23.6 Å². The fraction of sp³-hybridized carbons (Fsp3) is 0.483. The second-order valence-corrected chi connectivity index (χ2v) is 10.9. The van der Waals surface area contributed by atoms with E-state index in [1.165, 1.54) is 31.2 Å². The van der Waals surface area contributed by atoms with Gasteiger partial charge in [0.15, 0.2) is 0 Å². The maximum Gasteiger partial charge on any atom is 0.268 e. The zero-order valence-corrected chi connectivity index (χ0v) is 21.5. The summed E-state index contributed by atoms with van der Waals surface area (Å²) in [5.41, 5.74) is 3.09. The number of aromatic nitrogens is 2. The van der Waals surface area contributed by atoms with Crippen LogP contribution in [0.15, 0.2) is 48.7 Å². The van der Waals surface area contributed by atoms with Gasteiger partial charge in [0.1, 0.15) is 11.3 Å². The molecule has 2 aliphatic rings. The predicted molar refractivity (Wildman–Crippen MR) is 142 cm³/mol. The molecule has 6 nitrogen and oxygen atoms in total. The van der Waals surface area contributed by atoms with Crippen molar-refractivity contribution in [3.63, 3.8) is 0 Å². The topological polar surface area (TPSA) is 75.5 Å². The molecular formula is C29H35ClN4O2. The zero-order chi connectivity index (χ0) is 25.0. The fourth-order valence-corrected chi connectivity index (χ4v) is 6.06. The lowest BCUT2D eigenvalue weighted by Gasteiger charge is -2.38. The molecule has 0 atom stereocenters. The van der Waals surface area contributed by atoms with E-state index < -0.39 is 0 Å². The first-order valence-corrected chi connectivity index (χ1v) is 13.7. The van der Waals surface area contributed by atoms with Gasteiger partial charge < -0.3 is 10.6 Å². The maximum absolute atomic E-state index is 13.0. The van der Waals surface area contributed by atoms with Gasteiger partial charge in [0.2, 0.25) is 5.91 Å². The molecule has 5 rings (SSSR count). The molecule has 2 fully saturated rings. The number of halogens is 1. The molecule has 2 N–H and O–H groups in total. The number of hydrogen-bond acceptors (Lipinski definition) is 3. The number of amides is 2. The van der Waals surface area contributed by atoms with Crippen molar-refractivity contribution in [1.29, 1.82) is 0 Å². The number of hydrogen-bond donors (Lipinski definition) is 2. The summed E-state index contributed by atoms with van der Waals surface area (Å²) in [7, 11) is 0. The highest BCUT2D eigenvalue weighted by Gasteiger charge is 2.34. The van der Waals surface area contributed by atoms with Crippen molar-refractivity contribution in [2.24, 2.45) is 0 Å². The lowest BCUT2D eigenvalue weighted by Crippen LogP contribution is -2.42. The number of carbonyl (C=O) groups excluding carboxylic acids is 2. The average Bonchev–Trinajstić information content (AvgIpc) is 3.31. The first-order valence-electron chi connectivity index (χ1n) is 13.3. The van der Waals surface area contributed by atoms with Crippen LogP contribution >= 0.6 is 11.6 Å². The normalized spacial score (nSPS) is 18.1. The van der Waals surface area contributed by atoms with E-state index in [1.54, 1.807) is 4.40 Å². The third-order valence-corrected chi connectivity index (χ3v) is 8.20. The Morgan fingerprint density at radius 3 is 2.44 bits per heavy atom. The summed E-state index contributed by atoms with van der Waals surface area (Å²) in [4.78, 5) is 30.6. The van der Waals surface area contributed by atoms with Gasteiger partial charge in [0.25, 0.3) is 5.91 Å². The highest BCUT2D eigenvalue weighted by atomic mass is 35.5. The Morgan fingerprint density at radius 2 is 1.69 bits per heavy atom. The minimum Gasteiger partial charge on any atom is -0.355 e. The Balaban J connectivity index is 1.26. The minimum absolute atomic E-state index is 0.0504. The monoisotopic (exact) mass is 506 g/mol. The van der Waals surface area contributed by atoms with Gasteiger partial charge in [-0.1, -0.05) is 68.3 Å². The second-order valence-electron chi connectivity index (χ2n) is 10.5. The number of nitrogens with zero attached hydrogens (tertiary/aromatic N) is 2. The van der Waals surface area contributed by atoms with Crippen LogP contribution < -0.4 is 10.6 Å². The van der Waals surface area contributed by atoms with E-state index in [1.807, 2.05) is 36.5 Å². The molecule has 190 valence electrons. The lowest BCUT2D eigenvalue weighted by atomic mass is 9.69. The smallest absolute Gasteiger partial charge is 0.268 e. The molecule has 0 unspecified atom stereocenters. The number of nitrogens with one attached hydrogen (secondary N) is 2. The standard InChI is InChI=1S/C29H35ClN4O2/c30-22-14-12-21(13-15-22)29(16-5-2-6-17-29)20-31-27(35)18-24-19-34-25(10-7-11-26(34)32-24)28(36)33-23-8-3-1-4-9-23/h7,10-15,19,23H,1-6,8-9,16-18,20H2,(H,31,35)(H,33,36). The van der Waals surface area contributed by atoms with Crippen LogP contribution in [0.4, 0.5) is 0 Å². The van der Waals surface area contributed by atoms with Gasteiger partial charge in [-0.25, -0.2) is 4.98 Å². The van der Waals surface area contributed by atoms with E-state index in [4.69, 9.17) is 11.6 Å². The van der Waals surface area contributed by atoms with Crippen molar-refractivity contribution < 1.29 is 9.59 Å². The molecule has 2 amide bonds. The predicted octanol–water partition coefficient (Wildman–Crippen LogP) is 5.61. The molecule has 3 aromatic rings. The van der Waals surface area contributed by atoms with Crippen LogP contribution in [0.5, 0.6) is 0 Å². The summed E-state index contributed by atoms with van der Waals surface area (Å²) in [6.07, 6.45) is 13.3. The summed E-state index contributed by atoms with van der Waals surface area (Å²) >= 11 is 6.12. The average molecular weight is 507 g/mol. The van der Waals surface area contributed by atoms with Gasteiger partial charge in [0, 0.05) is 29.2 Å². The molecule has 2 heterocycles. The van der Waals surface area contributed by atoms with E-state index in [0.717, 1.165) is 43.5 Å². The molecule has 7 heteroatoms. The summed E-state index contributed by atoms with van der Waals surface area (Å²) in [5, 5.41) is 7.10. The van der Waals surface area contributed by atoms with Crippen LogP contribution in [0, 0.1) is 0 Å². The summed E-state index contributed by atoms with van der Waals surface area (Å²) in [6.45, 7) is 0.607. The third kappa shape index (κ3) is 5.59. The van der Waals surface area contributed by atoms with Crippen LogP contribution in [-0.2, 0) is 16.6 Å². The number of imidazole rings is 1. The highest BCUT2D eigenvalue weighted by Crippen LogP contribution is 2.39. The van der Waals surface area contributed by atoms with Crippen molar-refractivity contribution in [3.05, 3.63) is 70.6 Å². The highest BCUT2D eigenvalue weighted by molar-refractivity contribution is 6.30. The van der Waals surface area contributed by atoms with Crippen molar-refractivity contribution in [1.82, 2.24) is 20.0 Å². The Labute approximate surface area is 217 Å². The van der Waals surface area contributed by atoms with Gasteiger partial charge in [-0.15, -0.1) is 0 Å². The van der Waals surface area contributed by atoms with Crippen LogP contribution in [0.25, 0.3) is 5.65 Å². The molecular weight excluding hydrogens is 472 g/mol. The molecule has 2 saturated carbocycles. The van der Waals surface area contributed by atoms with Crippen LogP contribution in [0.2, 0.25) is 5.02 Å². The Morgan fingerprint density at radius 1 is 0.972 bits per heavy atom. The Bertz CT molecular complexity index is 1210. The van der Waals surface area contributed by atoms with Gasteiger partial charge in [0.05, 0.1) is 12.1 Å². The number of fused-ring (bicyclic) bond motifs is 1. The number of rotatable bonds is 7. The van der Waals surface area contributed by atoms with E-state index >= 15 is 0 Å². The molecule has 0 aliphatic heterocycles. The summed E-state index contributed by atoms with van der Waals surface area (Å²) in [5.74, 6) is -0.131. The molecule has 2 aliphatic carbocycles.